The van der Waals surface area contributed by atoms with Gasteiger partial charge in [0.25, 0.3) is 0 Å². The Bertz CT molecular complexity index is 520. The van der Waals surface area contributed by atoms with E-state index in [0.717, 1.165) is 22.3 Å². The van der Waals surface area contributed by atoms with Gasteiger partial charge in [0.15, 0.2) is 0 Å². The van der Waals surface area contributed by atoms with Crippen LogP contribution in [0.1, 0.15) is 0 Å². The van der Waals surface area contributed by atoms with Crippen molar-refractivity contribution < 1.29 is 0 Å². The number of nitrogens with zero attached hydrogens (tertiary/aromatic N) is 2. The normalized spacial score (nSPS) is 10.4. The van der Waals surface area contributed by atoms with Crippen LogP contribution in [0, 0.1) is 0 Å². The van der Waals surface area contributed by atoms with Crippen molar-refractivity contribution in [3.05, 3.63) is 24.3 Å². The topological polar surface area (TPSA) is 54.2 Å². The zero-order valence-electron chi connectivity index (χ0n) is 9.78. The van der Waals surface area contributed by atoms with Gasteiger partial charge in [-0.1, -0.05) is 18.2 Å². The van der Waals surface area contributed by atoms with Crippen LogP contribution >= 0.6 is 0 Å². The quantitative estimate of drug-likeness (QED) is 0.805. The van der Waals surface area contributed by atoms with Crippen molar-refractivity contribution in [1.82, 2.24) is 4.98 Å². The van der Waals surface area contributed by atoms with E-state index in [9.17, 15) is 0 Å². The monoisotopic (exact) mass is 216 g/mol. The third kappa shape index (κ3) is 1.52. The minimum Gasteiger partial charge on any atom is -0.383 e. The van der Waals surface area contributed by atoms with E-state index in [0.29, 0.717) is 5.82 Å². The fraction of sp³-hybridized carbons (Fsp3) is 0.250. The number of para-hydroxylation sites is 1. The van der Waals surface area contributed by atoms with E-state index >= 15 is 0 Å². The molecule has 4 nitrogen and oxygen atoms in total. The Morgan fingerprint density at radius 3 is 2.56 bits per heavy atom. The number of benzene rings is 1. The molecule has 0 fully saturated rings. The van der Waals surface area contributed by atoms with Gasteiger partial charge >= 0.3 is 0 Å². The Kier molecular flexibility index (Phi) is 2.56. The first-order valence-electron chi connectivity index (χ1n) is 5.18. The van der Waals surface area contributed by atoms with Crippen molar-refractivity contribution in [1.29, 1.82) is 0 Å². The number of fused-ring (bicyclic) bond motifs is 1. The van der Waals surface area contributed by atoms with E-state index in [-0.39, 0.29) is 0 Å². The number of rotatable bonds is 2. The van der Waals surface area contributed by atoms with Crippen LogP contribution in [0.4, 0.5) is 17.2 Å². The van der Waals surface area contributed by atoms with Gasteiger partial charge < -0.3 is 16.0 Å². The molecule has 0 bridgehead atoms. The molecule has 0 amide bonds. The molecule has 0 aliphatic heterocycles. The van der Waals surface area contributed by atoms with Crippen molar-refractivity contribution in [2.24, 2.45) is 0 Å². The van der Waals surface area contributed by atoms with Gasteiger partial charge in [0.1, 0.15) is 11.5 Å². The first-order valence-corrected chi connectivity index (χ1v) is 5.18. The molecule has 0 unspecified atom stereocenters. The molecule has 1 aromatic heterocycles. The molecule has 1 heterocycles. The van der Waals surface area contributed by atoms with Crippen molar-refractivity contribution >= 4 is 28.1 Å². The predicted molar refractivity (Wildman–Crippen MR) is 70.0 cm³/mol. The zero-order valence-corrected chi connectivity index (χ0v) is 9.78. The second-order valence-electron chi connectivity index (χ2n) is 3.88. The van der Waals surface area contributed by atoms with Crippen LogP contribution in [-0.4, -0.2) is 26.1 Å². The average Bonchev–Trinajstić information content (AvgIpc) is 2.26. The average molecular weight is 216 g/mol. The lowest BCUT2D eigenvalue weighted by Gasteiger charge is -2.20. The summed E-state index contributed by atoms with van der Waals surface area (Å²) < 4.78 is 0. The molecule has 0 atom stereocenters. The molecular weight excluding hydrogens is 200 g/mol. The Morgan fingerprint density at radius 2 is 1.94 bits per heavy atom. The summed E-state index contributed by atoms with van der Waals surface area (Å²) in [6.45, 7) is 0. The number of hydrogen-bond donors (Lipinski definition) is 2. The van der Waals surface area contributed by atoms with Crippen LogP contribution in [0.2, 0.25) is 0 Å². The lowest BCUT2D eigenvalue weighted by atomic mass is 10.1. The maximum absolute atomic E-state index is 5.94. The number of pyridine rings is 1. The summed E-state index contributed by atoms with van der Waals surface area (Å²) in [5.74, 6) is 0.532. The largest absolute Gasteiger partial charge is 0.383 e. The van der Waals surface area contributed by atoms with Crippen LogP contribution < -0.4 is 16.0 Å². The molecule has 84 valence electrons. The summed E-state index contributed by atoms with van der Waals surface area (Å²) in [6, 6.07) is 8.00. The lowest BCUT2D eigenvalue weighted by molar-refractivity contribution is 1.14. The van der Waals surface area contributed by atoms with Crippen LogP contribution in [0.25, 0.3) is 10.9 Å². The Morgan fingerprint density at radius 1 is 1.25 bits per heavy atom. The number of nitrogen functional groups attached to an aromatic ring is 1. The molecule has 0 aliphatic rings. The highest BCUT2D eigenvalue weighted by atomic mass is 15.1. The summed E-state index contributed by atoms with van der Waals surface area (Å²) in [6.07, 6.45) is 0. The van der Waals surface area contributed by atoms with Gasteiger partial charge in [0, 0.05) is 26.5 Å². The number of aromatic nitrogens is 1. The molecule has 3 N–H and O–H groups in total. The Hall–Kier alpha value is -1.97. The smallest absolute Gasteiger partial charge is 0.149 e. The van der Waals surface area contributed by atoms with Gasteiger partial charge in [0.05, 0.1) is 11.2 Å². The fourth-order valence-electron chi connectivity index (χ4n) is 1.92. The van der Waals surface area contributed by atoms with Crippen molar-refractivity contribution in [2.75, 3.05) is 37.1 Å². The molecule has 2 aromatic rings. The van der Waals surface area contributed by atoms with Gasteiger partial charge in [0.2, 0.25) is 0 Å². The summed E-state index contributed by atoms with van der Waals surface area (Å²) in [5.41, 5.74) is 8.81. The molecule has 16 heavy (non-hydrogen) atoms. The number of nitrogens with two attached hydrogens (primary N) is 1. The molecule has 0 saturated carbocycles. The van der Waals surface area contributed by atoms with E-state index in [1.807, 2.05) is 44.2 Å². The molecular formula is C12H16N4. The minimum absolute atomic E-state index is 0.532. The number of nitrogens with one attached hydrogen (secondary N) is 1. The predicted octanol–water partition coefficient (Wildman–Crippen LogP) is 1.92. The van der Waals surface area contributed by atoms with E-state index in [1.165, 1.54) is 0 Å². The molecule has 1 aromatic carbocycles. The maximum atomic E-state index is 5.94. The standard InChI is InChI=1S/C12H16N4/c1-14-10-11(16(2)3)8-6-4-5-7-9(8)15-12(10)13/h4-7,14H,1-3H3,(H2,13,15). The van der Waals surface area contributed by atoms with Gasteiger partial charge in [-0.3, -0.25) is 0 Å². The number of anilines is 3. The second-order valence-corrected chi connectivity index (χ2v) is 3.88. The van der Waals surface area contributed by atoms with Crippen LogP contribution in [0.5, 0.6) is 0 Å². The van der Waals surface area contributed by atoms with E-state index < -0.39 is 0 Å². The lowest BCUT2D eigenvalue weighted by Crippen LogP contribution is -2.13. The van der Waals surface area contributed by atoms with Crippen molar-refractivity contribution in [3.63, 3.8) is 0 Å². The highest BCUT2D eigenvalue weighted by Crippen LogP contribution is 2.35. The first-order chi connectivity index (χ1) is 7.65. The molecule has 2 rings (SSSR count). The minimum atomic E-state index is 0.532. The SMILES string of the molecule is CNc1c(N)nc2ccccc2c1N(C)C. The van der Waals surface area contributed by atoms with Gasteiger partial charge in [-0.25, -0.2) is 4.98 Å². The summed E-state index contributed by atoms with van der Waals surface area (Å²) in [7, 11) is 5.86. The van der Waals surface area contributed by atoms with Crippen LogP contribution in [0.15, 0.2) is 24.3 Å². The molecule has 0 spiro atoms. The van der Waals surface area contributed by atoms with E-state index in [2.05, 4.69) is 16.4 Å². The Labute approximate surface area is 95.1 Å². The third-order valence-corrected chi connectivity index (χ3v) is 2.59. The third-order valence-electron chi connectivity index (χ3n) is 2.59. The highest BCUT2D eigenvalue weighted by Gasteiger charge is 2.13. The van der Waals surface area contributed by atoms with E-state index in [4.69, 9.17) is 5.73 Å². The van der Waals surface area contributed by atoms with Crippen LogP contribution in [-0.2, 0) is 0 Å². The molecule has 4 heteroatoms. The maximum Gasteiger partial charge on any atom is 0.149 e. The first kappa shape index (κ1) is 10.5. The highest BCUT2D eigenvalue weighted by molar-refractivity contribution is 6.01. The fourth-order valence-corrected chi connectivity index (χ4v) is 1.92. The molecule has 0 radical (unpaired) electrons. The zero-order chi connectivity index (χ0) is 11.7. The van der Waals surface area contributed by atoms with Gasteiger partial charge in [-0.2, -0.15) is 0 Å². The summed E-state index contributed by atoms with van der Waals surface area (Å²) in [4.78, 5) is 6.43. The van der Waals surface area contributed by atoms with Gasteiger partial charge in [-0.05, 0) is 6.07 Å². The summed E-state index contributed by atoms with van der Waals surface area (Å²) >= 11 is 0. The summed E-state index contributed by atoms with van der Waals surface area (Å²) in [5, 5.41) is 4.21. The van der Waals surface area contributed by atoms with Crippen molar-refractivity contribution in [3.8, 4) is 0 Å². The molecule has 0 aliphatic carbocycles. The van der Waals surface area contributed by atoms with E-state index in [1.54, 1.807) is 0 Å². The van der Waals surface area contributed by atoms with Crippen molar-refractivity contribution in [2.45, 2.75) is 0 Å². The molecule has 0 saturated heterocycles. The second kappa shape index (κ2) is 3.89. The number of hydrogen-bond acceptors (Lipinski definition) is 4. The van der Waals surface area contributed by atoms with Crippen LogP contribution in [0.3, 0.4) is 0 Å². The Balaban J connectivity index is 2.87. The van der Waals surface area contributed by atoms with Gasteiger partial charge in [-0.15, -0.1) is 0 Å².